The predicted molar refractivity (Wildman–Crippen MR) is 195 cm³/mol. The number of benzene rings is 1. The molecule has 0 aliphatic heterocycles. The van der Waals surface area contributed by atoms with Crippen LogP contribution in [0.1, 0.15) is 74.3 Å². The van der Waals surface area contributed by atoms with Gasteiger partial charge in [0, 0.05) is 13.0 Å². The SMILES string of the molecule is C=CCN(CC(=O)N[C@H](C(=O)N[C@H](C(=O)OC)C(C)C)[C@@H](C)CC)C(=O)[C@H](Cc1ccccc1)NC(=O)[C@H](C)NC(=O)[C@H](C)NC(=O)OC(C)(C)C. The normalized spacial score (nSPS) is 14.6. The zero-order valence-electron chi connectivity index (χ0n) is 32.2. The highest BCUT2D eigenvalue weighted by molar-refractivity contribution is 5.95. The van der Waals surface area contributed by atoms with E-state index in [2.05, 4.69) is 33.2 Å². The molecule has 1 rings (SSSR count). The van der Waals surface area contributed by atoms with Gasteiger partial charge >= 0.3 is 12.1 Å². The Labute approximate surface area is 307 Å². The number of hydrogen-bond donors (Lipinski definition) is 5. The van der Waals surface area contributed by atoms with E-state index in [-0.39, 0.29) is 24.8 Å². The van der Waals surface area contributed by atoms with E-state index in [0.717, 1.165) is 5.56 Å². The first-order chi connectivity index (χ1) is 24.2. The van der Waals surface area contributed by atoms with E-state index in [1.165, 1.54) is 31.9 Å². The van der Waals surface area contributed by atoms with Gasteiger partial charge in [0.05, 0.1) is 13.7 Å². The Balaban J connectivity index is 3.20. The average Bonchev–Trinajstić information content (AvgIpc) is 3.07. The van der Waals surface area contributed by atoms with Gasteiger partial charge in [0.1, 0.15) is 35.8 Å². The Kier molecular flexibility index (Phi) is 18.6. The molecule has 0 radical (unpaired) electrons. The maximum absolute atomic E-state index is 14.0. The number of carbonyl (C=O) groups excluding carboxylic acids is 7. The predicted octanol–water partition coefficient (Wildman–Crippen LogP) is 1.99. The molecule has 6 amide bonds. The molecule has 15 nitrogen and oxygen atoms in total. The second kappa shape index (κ2) is 21.4. The van der Waals surface area contributed by atoms with Gasteiger partial charge in [-0.05, 0) is 52.0 Å². The van der Waals surface area contributed by atoms with Crippen LogP contribution < -0.4 is 26.6 Å². The largest absolute Gasteiger partial charge is 0.467 e. The van der Waals surface area contributed by atoms with Gasteiger partial charge < -0.3 is 41.0 Å². The van der Waals surface area contributed by atoms with Crippen LogP contribution in [0.4, 0.5) is 4.79 Å². The lowest BCUT2D eigenvalue weighted by atomic mass is 9.96. The fourth-order valence-corrected chi connectivity index (χ4v) is 4.87. The summed E-state index contributed by atoms with van der Waals surface area (Å²) >= 11 is 0. The molecule has 0 saturated carbocycles. The molecule has 1 aromatic carbocycles. The highest BCUT2D eigenvalue weighted by atomic mass is 16.6. The molecule has 0 fully saturated rings. The summed E-state index contributed by atoms with van der Waals surface area (Å²) in [6.45, 7) is 18.2. The van der Waals surface area contributed by atoms with Crippen LogP contribution >= 0.6 is 0 Å². The first kappa shape index (κ1) is 45.1. The van der Waals surface area contributed by atoms with Crippen LogP contribution in [0, 0.1) is 11.8 Å². The minimum atomic E-state index is -1.17. The lowest BCUT2D eigenvalue weighted by molar-refractivity contribution is -0.147. The summed E-state index contributed by atoms with van der Waals surface area (Å²) < 4.78 is 10.0. The van der Waals surface area contributed by atoms with Gasteiger partial charge in [-0.3, -0.25) is 24.0 Å². The summed E-state index contributed by atoms with van der Waals surface area (Å²) in [6, 6.07) is 3.63. The summed E-state index contributed by atoms with van der Waals surface area (Å²) in [5.41, 5.74) is -0.0593. The summed E-state index contributed by atoms with van der Waals surface area (Å²) in [6.07, 6.45) is 1.20. The number of ether oxygens (including phenoxy) is 2. The van der Waals surface area contributed by atoms with E-state index >= 15 is 0 Å². The molecule has 290 valence electrons. The standard InChI is InChI=1S/C37H58N6O9/c1-12-19-43(21-28(44)41-30(23(5)13-2)33(47)42-29(22(3)4)35(49)51-11)34(48)27(20-26-17-15-14-16-18-26)40-32(46)24(6)38-31(45)25(7)39-36(50)52-37(8,9)10/h12,14-18,22-25,27,29-30H,1,13,19-21H2,2-11H3,(H,38,45)(H,39,50)(H,40,46)(H,41,44)(H,42,47)/t23-,24-,25-,27-,29-,30-/m0/s1. The molecule has 0 saturated heterocycles. The van der Waals surface area contributed by atoms with Crippen LogP contribution in [-0.4, -0.2) is 103 Å². The highest BCUT2D eigenvalue weighted by Crippen LogP contribution is 2.12. The van der Waals surface area contributed by atoms with E-state index in [4.69, 9.17) is 9.47 Å². The van der Waals surface area contributed by atoms with Crippen LogP contribution in [-0.2, 0) is 44.7 Å². The van der Waals surface area contributed by atoms with Crippen molar-refractivity contribution in [3.63, 3.8) is 0 Å². The zero-order valence-corrected chi connectivity index (χ0v) is 32.2. The van der Waals surface area contributed by atoms with E-state index in [0.29, 0.717) is 6.42 Å². The average molecular weight is 731 g/mol. The van der Waals surface area contributed by atoms with Crippen LogP contribution in [0.3, 0.4) is 0 Å². The number of hydrogen-bond acceptors (Lipinski definition) is 9. The third kappa shape index (κ3) is 15.5. The van der Waals surface area contributed by atoms with Crippen molar-refractivity contribution in [2.24, 2.45) is 11.8 Å². The molecular weight excluding hydrogens is 672 g/mol. The summed E-state index contributed by atoms with van der Waals surface area (Å²) in [5, 5.41) is 13.0. The number of nitrogens with zero attached hydrogens (tertiary/aromatic N) is 1. The molecule has 52 heavy (non-hydrogen) atoms. The van der Waals surface area contributed by atoms with Crippen molar-refractivity contribution >= 4 is 41.6 Å². The Morgan fingerprint density at radius 2 is 1.38 bits per heavy atom. The van der Waals surface area contributed by atoms with Gasteiger partial charge in [-0.1, -0.05) is 70.5 Å². The Hall–Kier alpha value is -4.95. The van der Waals surface area contributed by atoms with Gasteiger partial charge in [0.2, 0.25) is 29.5 Å². The fourth-order valence-electron chi connectivity index (χ4n) is 4.87. The number of carbonyl (C=O) groups is 7. The topological polar surface area (TPSA) is 201 Å². The number of alkyl carbamates (subject to hydrolysis) is 1. The molecule has 6 atom stereocenters. The maximum Gasteiger partial charge on any atom is 0.408 e. The van der Waals surface area contributed by atoms with E-state index in [9.17, 15) is 33.6 Å². The minimum Gasteiger partial charge on any atom is -0.467 e. The molecule has 5 N–H and O–H groups in total. The summed E-state index contributed by atoms with van der Waals surface area (Å²) in [7, 11) is 1.22. The lowest BCUT2D eigenvalue weighted by Gasteiger charge is -2.30. The highest BCUT2D eigenvalue weighted by Gasteiger charge is 2.34. The monoisotopic (exact) mass is 730 g/mol. The van der Waals surface area contributed by atoms with Gasteiger partial charge in [-0.25, -0.2) is 9.59 Å². The Morgan fingerprint density at radius 3 is 1.90 bits per heavy atom. The smallest absolute Gasteiger partial charge is 0.408 e. The maximum atomic E-state index is 14.0. The van der Waals surface area contributed by atoms with Crippen molar-refractivity contribution in [2.45, 2.75) is 111 Å². The second-order valence-corrected chi connectivity index (χ2v) is 14.0. The van der Waals surface area contributed by atoms with Crippen LogP contribution in [0.15, 0.2) is 43.0 Å². The first-order valence-electron chi connectivity index (χ1n) is 17.5. The number of rotatable bonds is 19. The molecule has 0 heterocycles. The molecular formula is C37H58N6O9. The van der Waals surface area contributed by atoms with Crippen LogP contribution in [0.5, 0.6) is 0 Å². The molecule has 0 aliphatic carbocycles. The number of esters is 1. The number of amides is 6. The molecule has 0 spiro atoms. The molecule has 0 aliphatic rings. The van der Waals surface area contributed by atoms with Crippen molar-refractivity contribution in [1.82, 2.24) is 31.5 Å². The second-order valence-electron chi connectivity index (χ2n) is 14.0. The van der Waals surface area contributed by atoms with Crippen molar-refractivity contribution in [3.05, 3.63) is 48.6 Å². The van der Waals surface area contributed by atoms with E-state index < -0.39 is 84.0 Å². The summed E-state index contributed by atoms with van der Waals surface area (Å²) in [5.74, 6) is -4.41. The van der Waals surface area contributed by atoms with Crippen molar-refractivity contribution < 1.29 is 43.0 Å². The molecule has 0 aromatic heterocycles. The van der Waals surface area contributed by atoms with Crippen molar-refractivity contribution in [2.75, 3.05) is 20.2 Å². The minimum absolute atomic E-state index is 0.0555. The molecule has 15 heteroatoms. The van der Waals surface area contributed by atoms with Crippen molar-refractivity contribution in [1.29, 1.82) is 0 Å². The first-order valence-corrected chi connectivity index (χ1v) is 17.5. The zero-order chi connectivity index (χ0) is 39.8. The van der Waals surface area contributed by atoms with Gasteiger partial charge in [-0.2, -0.15) is 0 Å². The van der Waals surface area contributed by atoms with E-state index in [1.807, 2.05) is 6.92 Å². The van der Waals surface area contributed by atoms with Crippen LogP contribution in [0.25, 0.3) is 0 Å². The number of methoxy groups -OCH3 is 1. The quantitative estimate of drug-likeness (QED) is 0.104. The Morgan fingerprint density at radius 1 is 0.808 bits per heavy atom. The Bertz CT molecular complexity index is 1400. The van der Waals surface area contributed by atoms with Gasteiger partial charge in [0.15, 0.2) is 0 Å². The fraction of sp³-hybridized carbons (Fsp3) is 0.595. The number of nitrogens with one attached hydrogen (secondary N) is 5. The third-order valence-corrected chi connectivity index (χ3v) is 8.00. The van der Waals surface area contributed by atoms with Crippen molar-refractivity contribution in [3.8, 4) is 0 Å². The molecule has 0 unspecified atom stereocenters. The van der Waals surface area contributed by atoms with E-state index in [1.54, 1.807) is 71.9 Å². The van der Waals surface area contributed by atoms with Gasteiger partial charge in [0.25, 0.3) is 0 Å². The third-order valence-electron chi connectivity index (χ3n) is 8.00. The van der Waals surface area contributed by atoms with Crippen LogP contribution in [0.2, 0.25) is 0 Å². The van der Waals surface area contributed by atoms with Gasteiger partial charge in [-0.15, -0.1) is 6.58 Å². The summed E-state index contributed by atoms with van der Waals surface area (Å²) in [4.78, 5) is 92.6. The molecule has 0 bridgehead atoms. The lowest BCUT2D eigenvalue weighted by Crippen LogP contribution is -2.58. The molecule has 1 aromatic rings.